The maximum absolute atomic E-state index is 9.24. The Hall–Kier alpha value is -0.240. The molecule has 0 aromatic carbocycles. The zero-order valence-corrected chi connectivity index (χ0v) is 6.29. The molecule has 4 atom stereocenters. The Labute approximate surface area is 68.6 Å². The van der Waals surface area contributed by atoms with Gasteiger partial charge in [-0.2, -0.15) is 0 Å². The lowest BCUT2D eigenvalue weighted by Gasteiger charge is -2.40. The van der Waals surface area contributed by atoms with Gasteiger partial charge in [0.25, 0.3) is 0 Å². The maximum atomic E-state index is 9.24. The summed E-state index contributed by atoms with van der Waals surface area (Å²) in [5.74, 6) is -2.17. The van der Waals surface area contributed by atoms with Gasteiger partial charge in [-0.3, -0.25) is 0 Å². The van der Waals surface area contributed by atoms with Crippen molar-refractivity contribution >= 4 is 0 Å². The predicted octanol–water partition coefficient (Wildman–Crippen LogP) is -3.22. The Bertz CT molecular complexity index is 162. The molecule has 1 aliphatic heterocycles. The van der Waals surface area contributed by atoms with Crippen molar-refractivity contribution in [3.63, 3.8) is 0 Å². The fourth-order valence-corrected chi connectivity index (χ4v) is 1.03. The molecule has 0 unspecified atom stereocenters. The molecule has 1 rings (SSSR count). The lowest BCUT2D eigenvalue weighted by molar-refractivity contribution is -0.331. The van der Waals surface area contributed by atoms with Crippen LogP contribution in [0.15, 0.2) is 0 Å². The highest BCUT2D eigenvalue weighted by Gasteiger charge is 2.47. The molecule has 0 aromatic rings. The van der Waals surface area contributed by atoms with Crippen LogP contribution in [0.1, 0.15) is 0 Å². The summed E-state index contributed by atoms with van der Waals surface area (Å²) in [5.41, 5.74) is 0. The van der Waals surface area contributed by atoms with Crippen LogP contribution >= 0.6 is 0 Å². The summed E-state index contributed by atoms with van der Waals surface area (Å²) in [7, 11) is 0. The van der Waals surface area contributed by atoms with Gasteiger partial charge in [-0.15, -0.1) is 0 Å². The molecule has 0 saturated carbocycles. The minimum atomic E-state index is -2.17. The van der Waals surface area contributed by atoms with E-state index in [1.54, 1.807) is 0 Å². The first-order valence-electron chi connectivity index (χ1n) is 3.52. The Kier molecular flexibility index (Phi) is 2.67. The minimum absolute atomic E-state index is 0.324. The molecule has 6 heteroatoms. The fraction of sp³-hybridized carbons (Fsp3) is 1.00. The summed E-state index contributed by atoms with van der Waals surface area (Å²) in [6, 6.07) is 0. The second kappa shape index (κ2) is 3.25. The molecule has 1 saturated heterocycles. The van der Waals surface area contributed by atoms with Crippen LogP contribution in [0.5, 0.6) is 0 Å². The predicted molar refractivity (Wildman–Crippen MR) is 36.0 cm³/mol. The first-order valence-corrected chi connectivity index (χ1v) is 3.52. The largest absolute Gasteiger partial charge is 0.391 e. The lowest BCUT2D eigenvalue weighted by atomic mass is 9.98. The van der Waals surface area contributed by atoms with E-state index < -0.39 is 30.7 Å². The molecule has 0 aromatic heterocycles. The summed E-state index contributed by atoms with van der Waals surface area (Å²) in [6.07, 6.45) is -4.45. The number of hydrogen-bond donors (Lipinski definition) is 5. The maximum Gasteiger partial charge on any atom is 0.218 e. The van der Waals surface area contributed by atoms with E-state index in [9.17, 15) is 5.11 Å². The summed E-state index contributed by atoms with van der Waals surface area (Å²) < 4.78 is 4.56. The van der Waals surface area contributed by atoms with E-state index in [2.05, 4.69) is 4.74 Å². The van der Waals surface area contributed by atoms with E-state index in [0.717, 1.165) is 0 Å². The summed E-state index contributed by atoms with van der Waals surface area (Å²) in [6.45, 7) is -1.16. The molecule has 1 aliphatic rings. The minimum Gasteiger partial charge on any atom is -0.391 e. The quantitative estimate of drug-likeness (QED) is 0.290. The zero-order chi connectivity index (χ0) is 9.35. The van der Waals surface area contributed by atoms with Gasteiger partial charge in [0, 0.05) is 0 Å². The van der Waals surface area contributed by atoms with Crippen molar-refractivity contribution < 1.29 is 30.3 Å². The van der Waals surface area contributed by atoms with E-state index in [1.807, 2.05) is 0 Å². The highest BCUT2D eigenvalue weighted by Crippen LogP contribution is 2.22. The summed E-state index contributed by atoms with van der Waals surface area (Å²) in [4.78, 5) is 0. The van der Waals surface area contributed by atoms with Crippen LogP contribution < -0.4 is 0 Å². The molecule has 0 amide bonds. The van der Waals surface area contributed by atoms with Gasteiger partial charge in [-0.1, -0.05) is 0 Å². The van der Waals surface area contributed by atoms with Gasteiger partial charge < -0.3 is 30.3 Å². The average Bonchev–Trinajstić information content (AvgIpc) is 2.09. The van der Waals surface area contributed by atoms with Crippen LogP contribution in [-0.2, 0) is 4.74 Å². The Balaban J connectivity index is 2.71. The van der Waals surface area contributed by atoms with Crippen molar-refractivity contribution in [1.29, 1.82) is 0 Å². The molecule has 1 fully saturated rings. The third-order valence-electron chi connectivity index (χ3n) is 1.91. The smallest absolute Gasteiger partial charge is 0.218 e. The second-order valence-electron chi connectivity index (χ2n) is 2.82. The lowest BCUT2D eigenvalue weighted by Crippen LogP contribution is -2.62. The van der Waals surface area contributed by atoms with Crippen LogP contribution in [-0.4, -0.2) is 62.8 Å². The normalized spacial score (nSPS) is 49.2. The van der Waals surface area contributed by atoms with Gasteiger partial charge in [-0.25, -0.2) is 0 Å². The number of ether oxygens (including phenoxy) is 1. The number of hydrogen-bond acceptors (Lipinski definition) is 6. The second-order valence-corrected chi connectivity index (χ2v) is 2.82. The van der Waals surface area contributed by atoms with Crippen LogP contribution in [0.25, 0.3) is 0 Å². The van der Waals surface area contributed by atoms with Gasteiger partial charge in [0.2, 0.25) is 5.79 Å². The number of rotatable bonds is 1. The van der Waals surface area contributed by atoms with Crippen molar-refractivity contribution in [2.24, 2.45) is 0 Å². The molecule has 1 heterocycles. The average molecular weight is 180 g/mol. The molecule has 0 bridgehead atoms. The SMILES string of the molecule is OC[C@@]1(O)OC[C@H](O)[C@H](O)[C@H]1O. The van der Waals surface area contributed by atoms with Crippen LogP contribution in [0.3, 0.4) is 0 Å². The van der Waals surface area contributed by atoms with Crippen LogP contribution in [0, 0.1) is 0 Å². The summed E-state index contributed by atoms with van der Waals surface area (Å²) >= 11 is 0. The van der Waals surface area contributed by atoms with E-state index in [-0.39, 0.29) is 6.61 Å². The Morgan fingerprint density at radius 2 is 1.92 bits per heavy atom. The molecule has 12 heavy (non-hydrogen) atoms. The molecule has 0 spiro atoms. The first kappa shape index (κ1) is 9.85. The van der Waals surface area contributed by atoms with Gasteiger partial charge in [0.1, 0.15) is 18.3 Å². The van der Waals surface area contributed by atoms with E-state index >= 15 is 0 Å². The van der Waals surface area contributed by atoms with Crippen molar-refractivity contribution in [2.45, 2.75) is 24.1 Å². The van der Waals surface area contributed by atoms with Crippen molar-refractivity contribution in [1.82, 2.24) is 0 Å². The number of aliphatic hydroxyl groups excluding tert-OH is 4. The summed E-state index contributed by atoms with van der Waals surface area (Å²) in [5, 5.41) is 45.0. The molecule has 0 radical (unpaired) electrons. The van der Waals surface area contributed by atoms with E-state index in [4.69, 9.17) is 20.4 Å². The molecule has 6 nitrogen and oxygen atoms in total. The Morgan fingerprint density at radius 1 is 1.33 bits per heavy atom. The first-order chi connectivity index (χ1) is 5.51. The van der Waals surface area contributed by atoms with Gasteiger partial charge in [0.05, 0.1) is 13.2 Å². The molecular formula is C6H12O6. The van der Waals surface area contributed by atoms with Gasteiger partial charge in [0.15, 0.2) is 0 Å². The molecule has 72 valence electrons. The van der Waals surface area contributed by atoms with Crippen molar-refractivity contribution in [2.75, 3.05) is 13.2 Å². The standard InChI is InChI=1S/C6H12O6/c7-2-6(11)5(10)4(9)3(8)1-12-6/h3-5,7-11H,1-2H2/t3-,4-,5+,6+/m0/s1. The topological polar surface area (TPSA) is 110 Å². The van der Waals surface area contributed by atoms with E-state index in [1.165, 1.54) is 0 Å². The highest BCUT2D eigenvalue weighted by atomic mass is 16.7. The van der Waals surface area contributed by atoms with Crippen molar-refractivity contribution in [3.05, 3.63) is 0 Å². The number of aliphatic hydroxyl groups is 5. The van der Waals surface area contributed by atoms with Crippen molar-refractivity contribution in [3.8, 4) is 0 Å². The molecule has 5 N–H and O–H groups in total. The van der Waals surface area contributed by atoms with Gasteiger partial charge in [-0.05, 0) is 0 Å². The monoisotopic (exact) mass is 180 g/mol. The fourth-order valence-electron chi connectivity index (χ4n) is 1.03. The highest BCUT2D eigenvalue weighted by molar-refractivity contribution is 4.90. The van der Waals surface area contributed by atoms with Gasteiger partial charge >= 0.3 is 0 Å². The third-order valence-corrected chi connectivity index (χ3v) is 1.91. The third kappa shape index (κ3) is 1.45. The van der Waals surface area contributed by atoms with Crippen LogP contribution in [0.2, 0.25) is 0 Å². The molecular weight excluding hydrogens is 168 g/mol. The Morgan fingerprint density at radius 3 is 2.42 bits per heavy atom. The van der Waals surface area contributed by atoms with Crippen LogP contribution in [0.4, 0.5) is 0 Å². The van der Waals surface area contributed by atoms with E-state index in [0.29, 0.717) is 0 Å². The molecule has 0 aliphatic carbocycles. The zero-order valence-electron chi connectivity index (χ0n) is 6.29.